The second kappa shape index (κ2) is 15.2. The van der Waals surface area contributed by atoms with Crippen LogP contribution in [0.2, 0.25) is 0 Å². The van der Waals surface area contributed by atoms with Gasteiger partial charge in [0.1, 0.15) is 5.60 Å². The Balaban J connectivity index is 0.000000320. The van der Waals surface area contributed by atoms with Gasteiger partial charge >= 0.3 is 12.1 Å². The van der Waals surface area contributed by atoms with Gasteiger partial charge in [-0.05, 0) is 39.3 Å². The summed E-state index contributed by atoms with van der Waals surface area (Å²) in [5, 5.41) is 31.6. The molecule has 0 saturated carbocycles. The minimum atomic E-state index is -0.811. The van der Waals surface area contributed by atoms with Crippen LogP contribution in [0.4, 0.5) is 10.5 Å². The SMILES string of the molecule is C=CC(=O)OC(C)(C)C.CC1CNCCN1C(=O)O.O=C(c1ccccc1)c1ccc([N+](=O)[O-])cc1CO. The van der Waals surface area contributed by atoms with E-state index in [0.29, 0.717) is 12.1 Å². The molecular formula is C27H35N3O8. The summed E-state index contributed by atoms with van der Waals surface area (Å²) in [6, 6.07) is 12.5. The van der Waals surface area contributed by atoms with Gasteiger partial charge in [0.2, 0.25) is 0 Å². The topological polar surface area (TPSA) is 159 Å². The second-order valence-electron chi connectivity index (χ2n) is 9.22. The maximum absolute atomic E-state index is 12.2. The number of ether oxygens (including phenoxy) is 1. The number of aliphatic hydroxyl groups is 1. The molecule has 0 aromatic heterocycles. The first-order valence-electron chi connectivity index (χ1n) is 11.8. The molecule has 1 atom stereocenters. The lowest BCUT2D eigenvalue weighted by molar-refractivity contribution is -0.384. The number of non-ortho nitro benzene ring substituents is 1. The highest BCUT2D eigenvalue weighted by atomic mass is 16.6. The quantitative estimate of drug-likeness (QED) is 0.172. The Labute approximate surface area is 221 Å². The number of nitro benzene ring substituents is 1. The average Bonchev–Trinajstić information content (AvgIpc) is 2.88. The fourth-order valence-corrected chi connectivity index (χ4v) is 3.26. The van der Waals surface area contributed by atoms with E-state index in [0.717, 1.165) is 19.2 Å². The number of rotatable bonds is 5. The highest BCUT2D eigenvalue weighted by Crippen LogP contribution is 2.20. The molecule has 11 heteroatoms. The van der Waals surface area contributed by atoms with Crippen molar-refractivity contribution in [3.05, 3.63) is 88.0 Å². The lowest BCUT2D eigenvalue weighted by atomic mass is 9.98. The minimum Gasteiger partial charge on any atom is -0.465 e. The van der Waals surface area contributed by atoms with E-state index in [1.54, 1.807) is 30.3 Å². The molecule has 1 aliphatic heterocycles. The van der Waals surface area contributed by atoms with E-state index in [9.17, 15) is 29.6 Å². The van der Waals surface area contributed by atoms with E-state index in [1.807, 2.05) is 27.7 Å². The highest BCUT2D eigenvalue weighted by molar-refractivity contribution is 6.10. The maximum Gasteiger partial charge on any atom is 0.407 e. The van der Waals surface area contributed by atoms with Gasteiger partial charge in [0.25, 0.3) is 5.69 Å². The predicted molar refractivity (Wildman–Crippen MR) is 142 cm³/mol. The van der Waals surface area contributed by atoms with Gasteiger partial charge in [-0.1, -0.05) is 36.9 Å². The van der Waals surface area contributed by atoms with E-state index < -0.39 is 23.2 Å². The summed E-state index contributed by atoms with van der Waals surface area (Å²) in [4.78, 5) is 44.7. The molecule has 3 rings (SSSR count). The molecule has 3 N–H and O–H groups in total. The van der Waals surface area contributed by atoms with Crippen LogP contribution in [0.5, 0.6) is 0 Å². The summed E-state index contributed by atoms with van der Waals surface area (Å²) in [5.74, 6) is -0.637. The van der Waals surface area contributed by atoms with Crippen molar-refractivity contribution in [2.24, 2.45) is 0 Å². The number of piperazine rings is 1. The number of nitro groups is 1. The van der Waals surface area contributed by atoms with Crippen LogP contribution in [0.1, 0.15) is 49.2 Å². The molecule has 0 aliphatic carbocycles. The summed E-state index contributed by atoms with van der Waals surface area (Å²) in [6.45, 7) is 12.3. The van der Waals surface area contributed by atoms with Crippen LogP contribution in [0, 0.1) is 10.1 Å². The van der Waals surface area contributed by atoms with E-state index >= 15 is 0 Å². The zero-order chi connectivity index (χ0) is 28.9. The Morgan fingerprint density at radius 2 is 1.84 bits per heavy atom. The van der Waals surface area contributed by atoms with Gasteiger partial charge < -0.3 is 25.2 Å². The van der Waals surface area contributed by atoms with Crippen molar-refractivity contribution >= 4 is 23.5 Å². The van der Waals surface area contributed by atoms with Crippen molar-refractivity contribution in [1.29, 1.82) is 0 Å². The number of benzene rings is 2. The number of hydrogen-bond donors (Lipinski definition) is 3. The van der Waals surface area contributed by atoms with Crippen molar-refractivity contribution in [3.63, 3.8) is 0 Å². The molecule has 0 radical (unpaired) electrons. The number of nitrogens with zero attached hydrogens (tertiary/aromatic N) is 2. The summed E-state index contributed by atoms with van der Waals surface area (Å²) in [5.41, 5.74) is 0.465. The van der Waals surface area contributed by atoms with Crippen LogP contribution in [-0.2, 0) is 16.1 Å². The predicted octanol–water partition coefficient (Wildman–Crippen LogP) is 3.79. The third kappa shape index (κ3) is 10.9. The summed E-state index contributed by atoms with van der Waals surface area (Å²) < 4.78 is 4.83. The number of carbonyl (C=O) groups excluding carboxylic acids is 2. The number of aliphatic hydroxyl groups excluding tert-OH is 1. The van der Waals surface area contributed by atoms with E-state index in [2.05, 4.69) is 11.9 Å². The molecule has 206 valence electrons. The second-order valence-corrected chi connectivity index (χ2v) is 9.22. The van der Waals surface area contributed by atoms with Crippen LogP contribution in [-0.4, -0.2) is 69.2 Å². The molecule has 1 heterocycles. The smallest absolute Gasteiger partial charge is 0.407 e. The van der Waals surface area contributed by atoms with Crippen molar-refractivity contribution < 1.29 is 34.3 Å². The summed E-state index contributed by atoms with van der Waals surface area (Å²) in [7, 11) is 0. The monoisotopic (exact) mass is 529 g/mol. The van der Waals surface area contributed by atoms with Crippen LogP contribution >= 0.6 is 0 Å². The molecule has 1 aliphatic rings. The number of carboxylic acid groups (broad SMARTS) is 1. The summed E-state index contributed by atoms with van der Waals surface area (Å²) in [6.07, 6.45) is 0.347. The molecule has 2 aromatic rings. The molecule has 11 nitrogen and oxygen atoms in total. The number of nitrogens with one attached hydrogen (secondary N) is 1. The molecule has 0 bridgehead atoms. The Bertz CT molecular complexity index is 1110. The first-order chi connectivity index (χ1) is 17.8. The van der Waals surface area contributed by atoms with Crippen molar-refractivity contribution in [2.75, 3.05) is 19.6 Å². The molecule has 1 saturated heterocycles. The standard InChI is InChI=1S/C14H11NO4.C7H12O2.C6H12N2O2/c16-9-11-8-12(15(18)19)6-7-13(11)14(17)10-4-2-1-3-5-10;1-5-6(8)9-7(2,3)4;1-5-4-7-2-3-8(5)6(9)10/h1-8,16H,9H2;5H,1H2,2-4H3;5,7H,2-4H2,1H3,(H,9,10). The molecule has 0 spiro atoms. The van der Waals surface area contributed by atoms with E-state index in [-0.39, 0.29) is 34.6 Å². The first-order valence-corrected chi connectivity index (χ1v) is 11.8. The fraction of sp³-hybridized carbons (Fsp3) is 0.370. The Kier molecular flexibility index (Phi) is 12.8. The maximum atomic E-state index is 12.2. The lowest BCUT2D eigenvalue weighted by Gasteiger charge is -2.31. The normalized spacial score (nSPS) is 14.6. The van der Waals surface area contributed by atoms with Gasteiger partial charge in [-0.15, -0.1) is 0 Å². The molecule has 1 unspecified atom stereocenters. The van der Waals surface area contributed by atoms with Crippen LogP contribution < -0.4 is 5.32 Å². The molecule has 38 heavy (non-hydrogen) atoms. The highest BCUT2D eigenvalue weighted by Gasteiger charge is 2.21. The van der Waals surface area contributed by atoms with Gasteiger partial charge in [0, 0.05) is 55.0 Å². The minimum absolute atomic E-state index is 0.117. The Morgan fingerprint density at radius 3 is 2.26 bits per heavy atom. The largest absolute Gasteiger partial charge is 0.465 e. The Morgan fingerprint density at radius 1 is 1.21 bits per heavy atom. The van der Waals surface area contributed by atoms with Gasteiger partial charge in [-0.2, -0.15) is 0 Å². The van der Waals surface area contributed by atoms with Gasteiger partial charge in [0.05, 0.1) is 11.5 Å². The van der Waals surface area contributed by atoms with Crippen LogP contribution in [0.3, 0.4) is 0 Å². The molecular weight excluding hydrogens is 494 g/mol. The average molecular weight is 530 g/mol. The van der Waals surface area contributed by atoms with Gasteiger partial charge in [-0.3, -0.25) is 14.9 Å². The van der Waals surface area contributed by atoms with E-state index in [1.165, 1.54) is 23.1 Å². The third-order valence-electron chi connectivity index (χ3n) is 5.07. The molecule has 2 aromatic carbocycles. The molecule has 1 fully saturated rings. The zero-order valence-corrected chi connectivity index (χ0v) is 22.0. The first kappa shape index (κ1) is 31.9. The number of ketones is 1. The number of carbonyl (C=O) groups is 3. The fourth-order valence-electron chi connectivity index (χ4n) is 3.26. The third-order valence-corrected chi connectivity index (χ3v) is 5.07. The van der Waals surface area contributed by atoms with Crippen LogP contribution in [0.15, 0.2) is 61.2 Å². The van der Waals surface area contributed by atoms with Crippen molar-refractivity contribution in [2.45, 2.75) is 45.9 Å². The van der Waals surface area contributed by atoms with Crippen molar-refractivity contribution in [3.8, 4) is 0 Å². The van der Waals surface area contributed by atoms with Gasteiger partial charge in [-0.25, -0.2) is 9.59 Å². The van der Waals surface area contributed by atoms with Gasteiger partial charge in [0.15, 0.2) is 5.78 Å². The lowest BCUT2D eigenvalue weighted by Crippen LogP contribution is -2.51. The number of esters is 1. The molecule has 1 amide bonds. The summed E-state index contributed by atoms with van der Waals surface area (Å²) >= 11 is 0. The Hall–Kier alpha value is -4.09. The van der Waals surface area contributed by atoms with Crippen molar-refractivity contribution in [1.82, 2.24) is 10.2 Å². The number of amides is 1. The van der Waals surface area contributed by atoms with Crippen LogP contribution in [0.25, 0.3) is 0 Å². The zero-order valence-electron chi connectivity index (χ0n) is 22.0. The van der Waals surface area contributed by atoms with E-state index in [4.69, 9.17) is 9.84 Å². The number of hydrogen-bond acceptors (Lipinski definition) is 8.